The first-order valence-electron chi connectivity index (χ1n) is 5.35. The molecule has 0 amide bonds. The highest BCUT2D eigenvalue weighted by Crippen LogP contribution is 2.47. The van der Waals surface area contributed by atoms with Gasteiger partial charge >= 0.3 is 5.97 Å². The van der Waals surface area contributed by atoms with Gasteiger partial charge in [0.05, 0.1) is 17.6 Å². The van der Waals surface area contributed by atoms with Gasteiger partial charge in [0.1, 0.15) is 0 Å². The lowest BCUT2D eigenvalue weighted by molar-refractivity contribution is 0.0689. The number of hydrogen-bond donors (Lipinski definition) is 1. The highest BCUT2D eigenvalue weighted by atomic mass is 16.4. The molecule has 86 valence electrons. The maximum atomic E-state index is 10.9. The second-order valence-corrected chi connectivity index (χ2v) is 5.70. The summed E-state index contributed by atoms with van der Waals surface area (Å²) in [5.74, 6) is -1.02. The molecule has 4 heteroatoms. The highest BCUT2D eigenvalue weighted by molar-refractivity contribution is 5.85. The van der Waals surface area contributed by atoms with Crippen LogP contribution in [0, 0.1) is 0 Å². The van der Waals surface area contributed by atoms with Crippen LogP contribution in [0.4, 0.5) is 0 Å². The van der Waals surface area contributed by atoms with Gasteiger partial charge in [-0.15, -0.1) is 0 Å². The molecule has 1 N–H and O–H groups in total. The fourth-order valence-corrected chi connectivity index (χ4v) is 2.73. The van der Waals surface area contributed by atoms with E-state index >= 15 is 0 Å². The molecule has 1 aromatic rings. The fourth-order valence-electron chi connectivity index (χ4n) is 2.73. The zero-order valence-electron chi connectivity index (χ0n) is 10.0. The van der Waals surface area contributed by atoms with Crippen molar-refractivity contribution in [1.82, 2.24) is 9.97 Å². The number of nitrogens with zero attached hydrogens (tertiary/aromatic N) is 2. The summed E-state index contributed by atoms with van der Waals surface area (Å²) in [6.45, 7) is 8.41. The first kappa shape index (κ1) is 11.0. The van der Waals surface area contributed by atoms with Crippen molar-refractivity contribution in [3.8, 4) is 0 Å². The third-order valence-electron chi connectivity index (χ3n) is 3.16. The van der Waals surface area contributed by atoms with Gasteiger partial charge in [0.15, 0.2) is 5.69 Å². The van der Waals surface area contributed by atoms with E-state index in [0.717, 1.165) is 17.8 Å². The monoisotopic (exact) mass is 220 g/mol. The minimum absolute atomic E-state index is 0.0249. The zero-order valence-corrected chi connectivity index (χ0v) is 10.0. The molecule has 0 radical (unpaired) electrons. The van der Waals surface area contributed by atoms with Crippen molar-refractivity contribution in [1.29, 1.82) is 0 Å². The van der Waals surface area contributed by atoms with Crippen LogP contribution < -0.4 is 0 Å². The van der Waals surface area contributed by atoms with E-state index in [2.05, 4.69) is 37.7 Å². The normalized spacial score (nSPS) is 20.5. The van der Waals surface area contributed by atoms with E-state index in [1.807, 2.05) is 0 Å². The first-order chi connectivity index (χ1) is 7.24. The number of aromatic nitrogens is 2. The zero-order chi connectivity index (χ0) is 12.1. The van der Waals surface area contributed by atoms with Gasteiger partial charge in [0.2, 0.25) is 0 Å². The summed E-state index contributed by atoms with van der Waals surface area (Å²) in [6.07, 6.45) is 2.29. The van der Waals surface area contributed by atoms with E-state index in [9.17, 15) is 4.79 Å². The van der Waals surface area contributed by atoms with Crippen molar-refractivity contribution < 1.29 is 9.90 Å². The molecule has 0 bridgehead atoms. The number of carbonyl (C=O) groups is 1. The lowest BCUT2D eigenvalue weighted by Crippen LogP contribution is -2.18. The van der Waals surface area contributed by atoms with Gasteiger partial charge in [0.25, 0.3) is 0 Å². The molecule has 0 saturated heterocycles. The number of aromatic carboxylic acids is 1. The number of hydrogen-bond acceptors (Lipinski definition) is 3. The standard InChI is InChI=1S/C12H16N2O2/c1-11(2)6-12(3,4)9-8(11)13-5-7(14-9)10(15)16/h5H,6H2,1-4H3,(H,15,16). The Balaban J connectivity index is 2.63. The van der Waals surface area contributed by atoms with Crippen LogP contribution in [0.5, 0.6) is 0 Å². The lowest BCUT2D eigenvalue weighted by Gasteiger charge is -2.21. The Morgan fingerprint density at radius 3 is 2.38 bits per heavy atom. The summed E-state index contributed by atoms with van der Waals surface area (Å²) < 4.78 is 0. The van der Waals surface area contributed by atoms with E-state index in [1.165, 1.54) is 6.20 Å². The third kappa shape index (κ3) is 1.49. The molecular weight excluding hydrogens is 204 g/mol. The van der Waals surface area contributed by atoms with Crippen LogP contribution in [0.25, 0.3) is 0 Å². The Kier molecular flexibility index (Phi) is 2.09. The molecule has 2 rings (SSSR count). The molecule has 1 aliphatic carbocycles. The Bertz CT molecular complexity index is 464. The van der Waals surface area contributed by atoms with Crippen LogP contribution in [0.15, 0.2) is 6.20 Å². The summed E-state index contributed by atoms with van der Waals surface area (Å²) in [5.41, 5.74) is 1.67. The predicted molar refractivity (Wildman–Crippen MR) is 59.7 cm³/mol. The molecule has 0 spiro atoms. The predicted octanol–water partition coefficient (Wildman–Crippen LogP) is 2.13. The summed E-state index contributed by atoms with van der Waals surface area (Å²) in [5, 5.41) is 8.91. The van der Waals surface area contributed by atoms with Gasteiger partial charge in [-0.2, -0.15) is 0 Å². The Labute approximate surface area is 94.7 Å². The number of rotatable bonds is 1. The number of carboxylic acids is 1. The molecule has 1 heterocycles. The molecule has 4 nitrogen and oxygen atoms in total. The Hall–Kier alpha value is -1.45. The van der Waals surface area contributed by atoms with Crippen LogP contribution in [0.3, 0.4) is 0 Å². The third-order valence-corrected chi connectivity index (χ3v) is 3.16. The average molecular weight is 220 g/mol. The van der Waals surface area contributed by atoms with Crippen molar-refractivity contribution in [2.75, 3.05) is 0 Å². The molecule has 1 aliphatic rings. The molecule has 0 atom stereocenters. The van der Waals surface area contributed by atoms with Gasteiger partial charge in [0, 0.05) is 10.8 Å². The molecule has 0 aliphatic heterocycles. The quantitative estimate of drug-likeness (QED) is 0.787. The Morgan fingerprint density at radius 2 is 1.81 bits per heavy atom. The molecule has 0 saturated carbocycles. The van der Waals surface area contributed by atoms with E-state index < -0.39 is 5.97 Å². The minimum atomic E-state index is -1.02. The van der Waals surface area contributed by atoms with Gasteiger partial charge in [-0.05, 0) is 6.42 Å². The van der Waals surface area contributed by atoms with Gasteiger partial charge in [-0.25, -0.2) is 9.78 Å². The molecule has 0 aromatic carbocycles. The van der Waals surface area contributed by atoms with E-state index in [-0.39, 0.29) is 16.5 Å². The summed E-state index contributed by atoms with van der Waals surface area (Å²) in [4.78, 5) is 19.4. The summed E-state index contributed by atoms with van der Waals surface area (Å²) in [7, 11) is 0. The largest absolute Gasteiger partial charge is 0.476 e. The fraction of sp³-hybridized carbons (Fsp3) is 0.583. The van der Waals surface area contributed by atoms with Crippen LogP contribution in [0.2, 0.25) is 0 Å². The van der Waals surface area contributed by atoms with Crippen molar-refractivity contribution in [3.05, 3.63) is 23.3 Å². The van der Waals surface area contributed by atoms with E-state index in [1.54, 1.807) is 0 Å². The smallest absolute Gasteiger partial charge is 0.356 e. The summed E-state index contributed by atoms with van der Waals surface area (Å²) >= 11 is 0. The van der Waals surface area contributed by atoms with Crippen LogP contribution in [-0.4, -0.2) is 21.0 Å². The van der Waals surface area contributed by atoms with Crippen molar-refractivity contribution in [3.63, 3.8) is 0 Å². The van der Waals surface area contributed by atoms with E-state index in [0.29, 0.717) is 0 Å². The lowest BCUT2D eigenvalue weighted by atomic mass is 9.83. The van der Waals surface area contributed by atoms with Gasteiger partial charge in [-0.1, -0.05) is 27.7 Å². The second-order valence-electron chi connectivity index (χ2n) is 5.70. The molecular formula is C12H16N2O2. The SMILES string of the molecule is CC1(C)CC(C)(C)c2nc(C(=O)O)cnc21. The summed E-state index contributed by atoms with van der Waals surface area (Å²) in [6, 6.07) is 0. The highest BCUT2D eigenvalue weighted by Gasteiger charge is 2.44. The van der Waals surface area contributed by atoms with Crippen molar-refractivity contribution >= 4 is 5.97 Å². The number of carboxylic acid groups (broad SMARTS) is 1. The molecule has 16 heavy (non-hydrogen) atoms. The van der Waals surface area contributed by atoms with Gasteiger partial charge < -0.3 is 5.11 Å². The second kappa shape index (κ2) is 3.03. The van der Waals surface area contributed by atoms with Crippen LogP contribution in [0.1, 0.15) is 56.0 Å². The average Bonchev–Trinajstić information content (AvgIpc) is 2.32. The molecule has 0 unspecified atom stereocenters. The van der Waals surface area contributed by atoms with Gasteiger partial charge in [-0.3, -0.25) is 4.98 Å². The number of fused-ring (bicyclic) bond motifs is 1. The van der Waals surface area contributed by atoms with E-state index in [4.69, 9.17) is 5.11 Å². The molecule has 0 fully saturated rings. The maximum absolute atomic E-state index is 10.9. The van der Waals surface area contributed by atoms with Crippen molar-refractivity contribution in [2.45, 2.75) is 44.9 Å². The van der Waals surface area contributed by atoms with Crippen LogP contribution in [-0.2, 0) is 10.8 Å². The minimum Gasteiger partial charge on any atom is -0.476 e. The van der Waals surface area contributed by atoms with Crippen LogP contribution >= 0.6 is 0 Å². The molecule has 1 aromatic heterocycles. The topological polar surface area (TPSA) is 63.1 Å². The maximum Gasteiger partial charge on any atom is 0.356 e. The Morgan fingerprint density at radius 1 is 1.25 bits per heavy atom. The first-order valence-corrected chi connectivity index (χ1v) is 5.35. The van der Waals surface area contributed by atoms with Crippen molar-refractivity contribution in [2.24, 2.45) is 0 Å².